The number of fused-ring (bicyclic) bond motifs is 1. The molecule has 2 rings (SSSR count). The minimum atomic E-state index is -0.535. The molecular weight excluding hydrogens is 316 g/mol. The van der Waals surface area contributed by atoms with Gasteiger partial charge >= 0.3 is 0 Å². The number of hydrogen-bond donors (Lipinski definition) is 0. The number of rotatable bonds is 4. The molecule has 2 aromatic rings. The van der Waals surface area contributed by atoms with E-state index in [1.807, 2.05) is 0 Å². The number of aromatic nitrogens is 2. The highest BCUT2D eigenvalue weighted by Crippen LogP contribution is 2.27. The fraction of sp³-hybridized carbons (Fsp3) is 0.429. The number of carbonyl (C=O) groups excluding carboxylic acids is 1. The number of amides is 1. The van der Waals surface area contributed by atoms with Gasteiger partial charge in [-0.25, -0.2) is 9.37 Å². The molecule has 1 unspecified atom stereocenters. The van der Waals surface area contributed by atoms with Gasteiger partial charge in [0.15, 0.2) is 0 Å². The second kappa shape index (κ2) is 6.20. The van der Waals surface area contributed by atoms with E-state index in [4.69, 9.17) is 23.2 Å². The molecule has 0 bridgehead atoms. The molecule has 7 heteroatoms. The van der Waals surface area contributed by atoms with Gasteiger partial charge in [-0.05, 0) is 13.0 Å². The van der Waals surface area contributed by atoms with Crippen molar-refractivity contribution < 1.29 is 9.18 Å². The lowest BCUT2D eigenvalue weighted by molar-refractivity contribution is -0.131. The molecule has 0 radical (unpaired) electrons. The second-order valence-electron chi connectivity index (χ2n) is 5.00. The van der Waals surface area contributed by atoms with E-state index < -0.39 is 11.9 Å². The van der Waals surface area contributed by atoms with Gasteiger partial charge in [-0.1, -0.05) is 11.6 Å². The standard InChI is InChI=1S/C14H16Cl2FN3O/c1-8(14(21)19(2)3)20-12-7-10(17)9(16)6-11(12)18-13(20)4-5-15/h6-8H,4-5H2,1-3H3. The highest BCUT2D eigenvalue weighted by molar-refractivity contribution is 6.31. The maximum Gasteiger partial charge on any atom is 0.244 e. The van der Waals surface area contributed by atoms with Gasteiger partial charge < -0.3 is 9.47 Å². The number of halogens is 3. The van der Waals surface area contributed by atoms with E-state index in [0.717, 1.165) is 0 Å². The number of imidazole rings is 1. The van der Waals surface area contributed by atoms with E-state index >= 15 is 0 Å². The minimum absolute atomic E-state index is 0.0103. The van der Waals surface area contributed by atoms with Crippen LogP contribution in [0.4, 0.5) is 4.39 Å². The molecule has 0 aliphatic carbocycles. The Morgan fingerprint density at radius 2 is 2.14 bits per heavy atom. The molecule has 1 aromatic heterocycles. The van der Waals surface area contributed by atoms with Crippen LogP contribution in [0.25, 0.3) is 11.0 Å². The van der Waals surface area contributed by atoms with Crippen LogP contribution in [0.15, 0.2) is 12.1 Å². The van der Waals surface area contributed by atoms with E-state index in [-0.39, 0.29) is 10.9 Å². The molecular formula is C14H16Cl2FN3O. The monoisotopic (exact) mass is 331 g/mol. The summed E-state index contributed by atoms with van der Waals surface area (Å²) in [5.74, 6) is 0.375. The van der Waals surface area contributed by atoms with Crippen LogP contribution in [-0.4, -0.2) is 40.3 Å². The lowest BCUT2D eigenvalue weighted by Gasteiger charge is -2.20. The van der Waals surface area contributed by atoms with Gasteiger partial charge in [0.05, 0.1) is 16.1 Å². The molecule has 0 aliphatic rings. The lowest BCUT2D eigenvalue weighted by Crippen LogP contribution is -2.30. The van der Waals surface area contributed by atoms with E-state index in [9.17, 15) is 9.18 Å². The zero-order chi connectivity index (χ0) is 15.7. The summed E-state index contributed by atoms with van der Waals surface area (Å²) in [6.45, 7) is 1.76. The van der Waals surface area contributed by atoms with Crippen molar-refractivity contribution in [3.8, 4) is 0 Å². The average Bonchev–Trinajstić information content (AvgIpc) is 2.75. The minimum Gasteiger partial charge on any atom is -0.347 e. The molecule has 0 aliphatic heterocycles. The molecule has 0 saturated carbocycles. The van der Waals surface area contributed by atoms with Crippen molar-refractivity contribution in [1.82, 2.24) is 14.5 Å². The first-order valence-corrected chi connectivity index (χ1v) is 7.41. The van der Waals surface area contributed by atoms with Crippen molar-refractivity contribution in [1.29, 1.82) is 0 Å². The molecule has 0 N–H and O–H groups in total. The van der Waals surface area contributed by atoms with Gasteiger partial charge in [0.2, 0.25) is 5.91 Å². The predicted octanol–water partition coefficient (Wildman–Crippen LogP) is 3.26. The molecule has 0 spiro atoms. The number of aryl methyl sites for hydroxylation is 1. The molecule has 0 saturated heterocycles. The van der Waals surface area contributed by atoms with Crippen LogP contribution in [0.2, 0.25) is 5.02 Å². The van der Waals surface area contributed by atoms with Gasteiger partial charge in [0, 0.05) is 32.5 Å². The number of benzene rings is 1. The third-order valence-corrected chi connectivity index (χ3v) is 3.79. The summed E-state index contributed by atoms with van der Waals surface area (Å²) in [7, 11) is 3.35. The Labute approximate surface area is 132 Å². The number of alkyl halides is 1. The van der Waals surface area contributed by atoms with Crippen LogP contribution in [0.1, 0.15) is 18.8 Å². The Kier molecular flexibility index (Phi) is 4.74. The zero-order valence-corrected chi connectivity index (χ0v) is 13.5. The summed E-state index contributed by atoms with van der Waals surface area (Å²) < 4.78 is 15.5. The first-order chi connectivity index (χ1) is 9.86. The maximum atomic E-state index is 13.8. The summed E-state index contributed by atoms with van der Waals surface area (Å²) in [4.78, 5) is 18.1. The number of nitrogens with zero attached hydrogens (tertiary/aromatic N) is 3. The molecule has 0 fully saturated rings. The first kappa shape index (κ1) is 16.0. The molecule has 4 nitrogen and oxygen atoms in total. The predicted molar refractivity (Wildman–Crippen MR) is 82.5 cm³/mol. The number of carbonyl (C=O) groups is 1. The van der Waals surface area contributed by atoms with Crippen LogP contribution < -0.4 is 0 Å². The highest BCUT2D eigenvalue weighted by Gasteiger charge is 2.23. The first-order valence-electron chi connectivity index (χ1n) is 6.49. The smallest absolute Gasteiger partial charge is 0.244 e. The van der Waals surface area contributed by atoms with E-state index in [2.05, 4.69) is 4.98 Å². The van der Waals surface area contributed by atoms with Crippen LogP contribution in [-0.2, 0) is 11.2 Å². The Balaban J connectivity index is 2.65. The van der Waals surface area contributed by atoms with Gasteiger partial charge in [0.1, 0.15) is 17.7 Å². The van der Waals surface area contributed by atoms with Crippen LogP contribution in [0, 0.1) is 5.82 Å². The van der Waals surface area contributed by atoms with Crippen LogP contribution >= 0.6 is 23.2 Å². The SMILES string of the molecule is CC(C(=O)N(C)C)n1c(CCCl)nc2cc(Cl)c(F)cc21. The third kappa shape index (κ3) is 2.99. The molecule has 1 atom stereocenters. The van der Waals surface area contributed by atoms with Gasteiger partial charge in [0.25, 0.3) is 0 Å². The van der Waals surface area contributed by atoms with Crippen molar-refractivity contribution >= 4 is 40.1 Å². The second-order valence-corrected chi connectivity index (χ2v) is 5.79. The number of hydrogen-bond acceptors (Lipinski definition) is 2. The highest BCUT2D eigenvalue weighted by atomic mass is 35.5. The Morgan fingerprint density at radius 3 is 2.71 bits per heavy atom. The molecule has 1 amide bonds. The van der Waals surface area contributed by atoms with Gasteiger partial charge in [-0.2, -0.15) is 0 Å². The summed E-state index contributed by atoms with van der Waals surface area (Å²) in [5, 5.41) is 0.0103. The Morgan fingerprint density at radius 1 is 1.48 bits per heavy atom. The summed E-state index contributed by atoms with van der Waals surface area (Å²) in [6, 6.07) is 2.28. The van der Waals surface area contributed by atoms with Gasteiger partial charge in [-0.3, -0.25) is 4.79 Å². The van der Waals surface area contributed by atoms with Crippen molar-refractivity contribution in [2.45, 2.75) is 19.4 Å². The molecule has 1 aromatic carbocycles. The average molecular weight is 332 g/mol. The van der Waals surface area contributed by atoms with Crippen LogP contribution in [0.3, 0.4) is 0 Å². The lowest BCUT2D eigenvalue weighted by atomic mass is 10.2. The van der Waals surface area contributed by atoms with Crippen molar-refractivity contribution in [3.05, 3.63) is 28.8 Å². The van der Waals surface area contributed by atoms with Gasteiger partial charge in [-0.15, -0.1) is 11.6 Å². The fourth-order valence-corrected chi connectivity index (χ4v) is 2.64. The van der Waals surface area contributed by atoms with Crippen molar-refractivity contribution in [2.75, 3.05) is 20.0 Å². The summed E-state index contributed by atoms with van der Waals surface area (Å²) >= 11 is 11.6. The maximum absolute atomic E-state index is 13.8. The summed E-state index contributed by atoms with van der Waals surface area (Å²) in [5.41, 5.74) is 1.10. The Hall–Kier alpha value is -1.33. The number of likely N-dealkylation sites (N-methyl/N-ethyl adjacent to an activating group) is 1. The van der Waals surface area contributed by atoms with E-state index in [1.165, 1.54) is 17.0 Å². The molecule has 114 valence electrons. The molecule has 1 heterocycles. The van der Waals surface area contributed by atoms with E-state index in [1.54, 1.807) is 25.6 Å². The Bertz CT molecular complexity index is 684. The normalized spacial score (nSPS) is 12.7. The van der Waals surface area contributed by atoms with E-state index in [0.29, 0.717) is 29.2 Å². The molecule has 21 heavy (non-hydrogen) atoms. The zero-order valence-electron chi connectivity index (χ0n) is 12.0. The quantitative estimate of drug-likeness (QED) is 0.806. The third-order valence-electron chi connectivity index (χ3n) is 3.31. The van der Waals surface area contributed by atoms with Crippen molar-refractivity contribution in [3.63, 3.8) is 0 Å². The fourth-order valence-electron chi connectivity index (χ4n) is 2.32. The summed E-state index contributed by atoms with van der Waals surface area (Å²) in [6.07, 6.45) is 0.487. The topological polar surface area (TPSA) is 38.1 Å². The van der Waals surface area contributed by atoms with Crippen molar-refractivity contribution in [2.24, 2.45) is 0 Å². The largest absolute Gasteiger partial charge is 0.347 e. The van der Waals surface area contributed by atoms with Crippen LogP contribution in [0.5, 0.6) is 0 Å².